The van der Waals surface area contributed by atoms with Crippen molar-refractivity contribution in [2.24, 2.45) is 13.0 Å². The predicted octanol–water partition coefficient (Wildman–Crippen LogP) is 1.80. The number of carbonyl (C=O) groups excluding carboxylic acids is 1. The molecule has 2 rings (SSSR count). The maximum Gasteiger partial charge on any atom is 0.329 e. The Bertz CT molecular complexity index is 569. The number of nitrogens with zero attached hydrogens (tertiary/aromatic N) is 2. The number of hydrogen-bond donors (Lipinski definition) is 2. The van der Waals surface area contributed by atoms with Crippen molar-refractivity contribution in [1.29, 1.82) is 0 Å². The van der Waals surface area contributed by atoms with Crippen LogP contribution in [-0.2, 0) is 11.8 Å². The van der Waals surface area contributed by atoms with Crippen LogP contribution in [0.4, 0.5) is 0 Å². The highest BCUT2D eigenvalue weighted by Crippen LogP contribution is 2.32. The number of aliphatic carboxylic acids is 1. The highest BCUT2D eigenvalue weighted by atomic mass is 16.4. The molecule has 0 bridgehead atoms. The van der Waals surface area contributed by atoms with Gasteiger partial charge in [-0.3, -0.25) is 9.48 Å². The lowest BCUT2D eigenvalue weighted by Gasteiger charge is -2.36. The van der Waals surface area contributed by atoms with E-state index in [1.54, 1.807) is 18.7 Å². The van der Waals surface area contributed by atoms with Crippen LogP contribution < -0.4 is 5.32 Å². The van der Waals surface area contributed by atoms with E-state index in [0.717, 1.165) is 18.5 Å². The van der Waals surface area contributed by atoms with Crippen molar-refractivity contribution in [3.63, 3.8) is 0 Å². The van der Waals surface area contributed by atoms with Gasteiger partial charge in [0.25, 0.3) is 5.91 Å². The third kappa shape index (κ3) is 2.80. The van der Waals surface area contributed by atoms with Crippen LogP contribution in [0.15, 0.2) is 0 Å². The maximum atomic E-state index is 12.5. The second-order valence-electron chi connectivity index (χ2n) is 6.19. The highest BCUT2D eigenvalue weighted by molar-refractivity contribution is 5.99. The average Bonchev–Trinajstić information content (AvgIpc) is 2.66. The maximum absolute atomic E-state index is 12.5. The van der Waals surface area contributed by atoms with E-state index >= 15 is 0 Å². The highest BCUT2D eigenvalue weighted by Gasteiger charge is 2.43. The van der Waals surface area contributed by atoms with Gasteiger partial charge in [0.1, 0.15) is 5.54 Å². The molecule has 6 heteroatoms. The number of carboxylic acid groups (broad SMARTS) is 1. The minimum absolute atomic E-state index is 0.338. The van der Waals surface area contributed by atoms with Gasteiger partial charge in [0, 0.05) is 12.7 Å². The summed E-state index contributed by atoms with van der Waals surface area (Å²) in [5.74, 6) is -0.770. The van der Waals surface area contributed by atoms with Gasteiger partial charge in [0.2, 0.25) is 0 Å². The third-order valence-electron chi connectivity index (χ3n) is 4.63. The fourth-order valence-corrected chi connectivity index (χ4v) is 3.03. The summed E-state index contributed by atoms with van der Waals surface area (Å²) in [6.45, 7) is 5.69. The number of carboxylic acids is 1. The molecule has 1 amide bonds. The molecule has 2 N–H and O–H groups in total. The van der Waals surface area contributed by atoms with Gasteiger partial charge in [0.05, 0.1) is 11.3 Å². The Morgan fingerprint density at radius 1 is 1.33 bits per heavy atom. The van der Waals surface area contributed by atoms with Crippen molar-refractivity contribution in [3.05, 3.63) is 17.0 Å². The Labute approximate surface area is 124 Å². The van der Waals surface area contributed by atoms with Gasteiger partial charge in [0.15, 0.2) is 0 Å². The summed E-state index contributed by atoms with van der Waals surface area (Å²) in [7, 11) is 1.77. The molecule has 0 radical (unpaired) electrons. The predicted molar refractivity (Wildman–Crippen MR) is 78.1 cm³/mol. The van der Waals surface area contributed by atoms with Crippen molar-refractivity contribution < 1.29 is 14.7 Å². The van der Waals surface area contributed by atoms with Gasteiger partial charge in [-0.1, -0.05) is 6.92 Å². The molecule has 0 atom stereocenters. The van der Waals surface area contributed by atoms with Crippen LogP contribution in [0.1, 0.15) is 54.4 Å². The minimum Gasteiger partial charge on any atom is -0.480 e. The van der Waals surface area contributed by atoms with Crippen LogP contribution in [0.25, 0.3) is 0 Å². The fourth-order valence-electron chi connectivity index (χ4n) is 3.03. The van der Waals surface area contributed by atoms with Crippen molar-refractivity contribution in [3.8, 4) is 0 Å². The molecule has 21 heavy (non-hydrogen) atoms. The van der Waals surface area contributed by atoms with Crippen molar-refractivity contribution in [1.82, 2.24) is 15.1 Å². The molecule has 0 aromatic carbocycles. The smallest absolute Gasteiger partial charge is 0.329 e. The molecule has 1 aliphatic carbocycles. The first kappa shape index (κ1) is 15.5. The van der Waals surface area contributed by atoms with Gasteiger partial charge in [-0.05, 0) is 45.4 Å². The van der Waals surface area contributed by atoms with E-state index in [1.165, 1.54) is 0 Å². The third-order valence-corrected chi connectivity index (χ3v) is 4.63. The molecule has 1 aromatic rings. The average molecular weight is 293 g/mol. The first-order valence-corrected chi connectivity index (χ1v) is 7.33. The number of rotatable bonds is 3. The molecule has 1 fully saturated rings. The van der Waals surface area contributed by atoms with E-state index < -0.39 is 11.5 Å². The van der Waals surface area contributed by atoms with Crippen LogP contribution in [0.2, 0.25) is 0 Å². The number of amides is 1. The molecule has 1 saturated carbocycles. The zero-order valence-corrected chi connectivity index (χ0v) is 13.1. The van der Waals surface area contributed by atoms with Crippen LogP contribution in [0, 0.1) is 19.8 Å². The Hall–Kier alpha value is -1.85. The summed E-state index contributed by atoms with van der Waals surface area (Å²) in [6.07, 6.45) is 2.59. The van der Waals surface area contributed by atoms with Gasteiger partial charge in [-0.2, -0.15) is 5.10 Å². The van der Waals surface area contributed by atoms with Crippen molar-refractivity contribution in [2.45, 2.75) is 52.0 Å². The lowest BCUT2D eigenvalue weighted by Crippen LogP contribution is -2.56. The summed E-state index contributed by atoms with van der Waals surface area (Å²) in [6, 6.07) is 0. The molecule has 0 spiro atoms. The zero-order valence-electron chi connectivity index (χ0n) is 13.1. The lowest BCUT2D eigenvalue weighted by molar-refractivity contribution is -0.146. The second-order valence-corrected chi connectivity index (χ2v) is 6.19. The number of aromatic nitrogens is 2. The van der Waals surface area contributed by atoms with Gasteiger partial charge in [-0.15, -0.1) is 0 Å². The van der Waals surface area contributed by atoms with E-state index in [2.05, 4.69) is 17.3 Å². The minimum atomic E-state index is -1.14. The fraction of sp³-hybridized carbons (Fsp3) is 0.667. The Kier molecular flexibility index (Phi) is 4.07. The first-order chi connectivity index (χ1) is 9.77. The lowest BCUT2D eigenvalue weighted by atomic mass is 9.77. The molecule has 1 aromatic heterocycles. The summed E-state index contributed by atoms with van der Waals surface area (Å²) in [4.78, 5) is 24.2. The molecule has 0 unspecified atom stereocenters. The van der Waals surface area contributed by atoms with E-state index in [4.69, 9.17) is 0 Å². The molecular weight excluding hydrogens is 270 g/mol. The summed E-state index contributed by atoms with van der Waals surface area (Å²) in [5, 5.41) is 16.6. The van der Waals surface area contributed by atoms with Crippen molar-refractivity contribution >= 4 is 11.9 Å². The van der Waals surface area contributed by atoms with E-state index in [9.17, 15) is 14.7 Å². The Morgan fingerprint density at radius 2 is 1.90 bits per heavy atom. The summed E-state index contributed by atoms with van der Waals surface area (Å²) >= 11 is 0. The zero-order chi connectivity index (χ0) is 15.8. The number of hydrogen-bond acceptors (Lipinski definition) is 3. The normalized spacial score (nSPS) is 25.6. The largest absolute Gasteiger partial charge is 0.480 e. The Balaban J connectivity index is 2.25. The van der Waals surface area contributed by atoms with E-state index in [0.29, 0.717) is 30.0 Å². The van der Waals surface area contributed by atoms with Gasteiger partial charge >= 0.3 is 5.97 Å². The first-order valence-electron chi connectivity index (χ1n) is 7.33. The molecule has 116 valence electrons. The van der Waals surface area contributed by atoms with E-state index in [1.807, 2.05) is 6.92 Å². The van der Waals surface area contributed by atoms with Gasteiger partial charge in [-0.25, -0.2) is 4.79 Å². The summed E-state index contributed by atoms with van der Waals surface area (Å²) in [5.41, 5.74) is 0.710. The molecule has 1 aliphatic rings. The van der Waals surface area contributed by atoms with Crippen LogP contribution >= 0.6 is 0 Å². The standard InChI is InChI=1S/C15H23N3O3/c1-9-5-7-15(8-6-9,14(20)21)16-13(19)12-10(2)17-18(4)11(12)3/h9H,5-8H2,1-4H3,(H,16,19)(H,20,21). The van der Waals surface area contributed by atoms with Crippen molar-refractivity contribution in [2.75, 3.05) is 0 Å². The number of carbonyl (C=O) groups is 2. The number of aryl methyl sites for hydroxylation is 2. The topological polar surface area (TPSA) is 84.2 Å². The molecule has 1 heterocycles. The second kappa shape index (κ2) is 5.50. The SMILES string of the molecule is Cc1nn(C)c(C)c1C(=O)NC1(C(=O)O)CCC(C)CC1. The van der Waals surface area contributed by atoms with Crippen LogP contribution in [-0.4, -0.2) is 32.3 Å². The van der Waals surface area contributed by atoms with Gasteiger partial charge < -0.3 is 10.4 Å². The summed E-state index contributed by atoms with van der Waals surface area (Å²) < 4.78 is 1.64. The monoisotopic (exact) mass is 293 g/mol. The molecule has 0 aliphatic heterocycles. The quantitative estimate of drug-likeness (QED) is 0.890. The van der Waals surface area contributed by atoms with E-state index in [-0.39, 0.29) is 5.91 Å². The molecular formula is C15H23N3O3. The molecule has 6 nitrogen and oxygen atoms in total. The van der Waals surface area contributed by atoms with Crippen LogP contribution in [0.3, 0.4) is 0 Å². The number of nitrogens with one attached hydrogen (secondary N) is 1. The molecule has 0 saturated heterocycles. The van der Waals surface area contributed by atoms with Crippen LogP contribution in [0.5, 0.6) is 0 Å². The Morgan fingerprint density at radius 3 is 2.33 bits per heavy atom.